The number of nitro groups is 1. The first kappa shape index (κ1) is 22.7. The number of rotatable bonds is 8. The lowest BCUT2D eigenvalue weighted by molar-refractivity contribution is -0.384. The van der Waals surface area contributed by atoms with Crippen LogP contribution in [-0.4, -0.2) is 32.6 Å². The molecule has 1 aliphatic heterocycles. The van der Waals surface area contributed by atoms with Gasteiger partial charge in [0.25, 0.3) is 11.6 Å². The molecule has 11 heteroatoms. The number of non-ortho nitro benzene ring substituents is 1. The average Bonchev–Trinajstić information content (AvgIpc) is 2.99. The highest BCUT2D eigenvalue weighted by Crippen LogP contribution is 2.35. The number of amides is 1. The molecule has 3 rings (SSSR count). The van der Waals surface area contributed by atoms with Crippen molar-refractivity contribution in [1.29, 1.82) is 0 Å². The number of benzene rings is 2. The molecule has 0 unspecified atom stereocenters. The molecule has 0 radical (unpaired) electrons. The first-order valence-electron chi connectivity index (χ1n) is 8.86. The van der Waals surface area contributed by atoms with E-state index in [-0.39, 0.29) is 34.5 Å². The molecule has 8 nitrogen and oxygen atoms in total. The summed E-state index contributed by atoms with van der Waals surface area (Å²) in [6.07, 6.45) is 1.08. The standard InChI is InChI=1S/C20H15ClN2O6S2/c21-15-4-2-1-3-12(15)11-29-16-6-5-14(23(27)28)9-13(16)10-17-19(26)22(20(30)31-17)8-7-18(24)25/h1-6,9-10H,7-8,11H2,(H,24,25)/p-1/b17-10-. The lowest BCUT2D eigenvalue weighted by Crippen LogP contribution is -2.33. The zero-order valence-corrected chi connectivity index (χ0v) is 18.2. The highest BCUT2D eigenvalue weighted by atomic mass is 35.5. The van der Waals surface area contributed by atoms with Crippen LogP contribution in [0.25, 0.3) is 6.08 Å². The van der Waals surface area contributed by atoms with Crippen molar-refractivity contribution in [3.63, 3.8) is 0 Å². The zero-order chi connectivity index (χ0) is 22.5. The number of carboxylic acid groups (broad SMARTS) is 1. The number of carbonyl (C=O) groups is 2. The van der Waals surface area contributed by atoms with E-state index in [1.54, 1.807) is 24.3 Å². The van der Waals surface area contributed by atoms with Crippen molar-refractivity contribution >= 4 is 63.5 Å². The van der Waals surface area contributed by atoms with Crippen LogP contribution in [-0.2, 0) is 16.2 Å². The summed E-state index contributed by atoms with van der Waals surface area (Å²) in [4.78, 5) is 35.3. The topological polar surface area (TPSA) is 113 Å². The molecule has 31 heavy (non-hydrogen) atoms. The summed E-state index contributed by atoms with van der Waals surface area (Å²) in [6.45, 7) is 0.0000361. The summed E-state index contributed by atoms with van der Waals surface area (Å²) in [7, 11) is 0. The molecule has 0 spiro atoms. The van der Waals surface area contributed by atoms with Gasteiger partial charge in [-0.05, 0) is 18.2 Å². The highest BCUT2D eigenvalue weighted by Gasteiger charge is 2.32. The number of hydrogen-bond donors (Lipinski definition) is 0. The summed E-state index contributed by atoms with van der Waals surface area (Å²) in [5.41, 5.74) is 0.854. The van der Waals surface area contributed by atoms with E-state index in [0.29, 0.717) is 16.3 Å². The molecular weight excluding hydrogens is 464 g/mol. The number of thioether (sulfide) groups is 1. The molecule has 1 fully saturated rings. The third-order valence-corrected chi connectivity index (χ3v) is 5.99. The van der Waals surface area contributed by atoms with E-state index in [4.69, 9.17) is 28.6 Å². The Balaban J connectivity index is 1.89. The van der Waals surface area contributed by atoms with Gasteiger partial charge in [0.05, 0.1) is 9.83 Å². The third kappa shape index (κ3) is 5.60. The molecule has 160 valence electrons. The SMILES string of the molecule is O=C([O-])CCN1C(=O)/C(=C/c2cc([N+](=O)[O-])ccc2OCc2ccccc2Cl)SC1=S. The van der Waals surface area contributed by atoms with E-state index < -0.39 is 16.8 Å². The quantitative estimate of drug-likeness (QED) is 0.246. The molecular formula is C20H14ClN2O6S2-. The number of nitro benzene ring substituents is 1. The van der Waals surface area contributed by atoms with Crippen molar-refractivity contribution in [1.82, 2.24) is 4.90 Å². The average molecular weight is 478 g/mol. The maximum atomic E-state index is 12.6. The fraction of sp³-hybridized carbons (Fsp3) is 0.150. The molecule has 1 saturated heterocycles. The number of thiocarbonyl (C=S) groups is 1. The van der Waals surface area contributed by atoms with Gasteiger partial charge in [-0.15, -0.1) is 0 Å². The normalized spacial score (nSPS) is 14.9. The van der Waals surface area contributed by atoms with Crippen molar-refractivity contribution in [3.8, 4) is 5.75 Å². The van der Waals surface area contributed by atoms with Gasteiger partial charge in [-0.3, -0.25) is 19.8 Å². The Hall–Kier alpha value is -2.95. The van der Waals surface area contributed by atoms with Gasteiger partial charge in [0.2, 0.25) is 0 Å². The Morgan fingerprint density at radius 1 is 1.29 bits per heavy atom. The van der Waals surface area contributed by atoms with Crippen LogP contribution in [0, 0.1) is 10.1 Å². The number of ether oxygens (including phenoxy) is 1. The van der Waals surface area contributed by atoms with Gasteiger partial charge in [-0.2, -0.15) is 0 Å². The predicted molar refractivity (Wildman–Crippen MR) is 118 cm³/mol. The van der Waals surface area contributed by atoms with Gasteiger partial charge in [-0.1, -0.05) is 53.8 Å². The minimum absolute atomic E-state index is 0.116. The Morgan fingerprint density at radius 2 is 2.03 bits per heavy atom. The molecule has 1 amide bonds. The van der Waals surface area contributed by atoms with Crippen molar-refractivity contribution in [2.24, 2.45) is 0 Å². The highest BCUT2D eigenvalue weighted by molar-refractivity contribution is 8.26. The Kier molecular flexibility index (Phi) is 7.26. The van der Waals surface area contributed by atoms with Gasteiger partial charge in [0.1, 0.15) is 16.7 Å². The van der Waals surface area contributed by atoms with Crippen molar-refractivity contribution in [2.75, 3.05) is 6.54 Å². The molecule has 1 heterocycles. The van der Waals surface area contributed by atoms with Crippen LogP contribution < -0.4 is 9.84 Å². The molecule has 0 atom stereocenters. The van der Waals surface area contributed by atoms with Crippen molar-refractivity contribution in [3.05, 3.63) is 73.6 Å². The fourth-order valence-corrected chi connectivity index (χ4v) is 4.19. The lowest BCUT2D eigenvalue weighted by atomic mass is 10.1. The molecule has 0 aliphatic carbocycles. The van der Waals surface area contributed by atoms with Crippen LogP contribution in [0.4, 0.5) is 5.69 Å². The zero-order valence-electron chi connectivity index (χ0n) is 15.8. The second-order valence-electron chi connectivity index (χ2n) is 6.31. The Labute approximate surface area is 191 Å². The summed E-state index contributed by atoms with van der Waals surface area (Å²) >= 11 is 12.3. The summed E-state index contributed by atoms with van der Waals surface area (Å²) in [5.74, 6) is -1.47. The minimum Gasteiger partial charge on any atom is -0.550 e. The summed E-state index contributed by atoms with van der Waals surface area (Å²) in [5, 5.41) is 22.4. The second-order valence-corrected chi connectivity index (χ2v) is 8.40. The van der Waals surface area contributed by atoms with E-state index in [1.165, 1.54) is 24.3 Å². The van der Waals surface area contributed by atoms with Gasteiger partial charge in [0, 0.05) is 47.2 Å². The molecule has 1 aliphatic rings. The molecule has 2 aromatic rings. The Bertz CT molecular complexity index is 1100. The van der Waals surface area contributed by atoms with Gasteiger partial charge in [-0.25, -0.2) is 0 Å². The number of carbonyl (C=O) groups excluding carboxylic acids is 2. The molecule has 0 aromatic heterocycles. The van der Waals surface area contributed by atoms with Crippen molar-refractivity contribution < 1.29 is 24.4 Å². The number of hydrogen-bond acceptors (Lipinski definition) is 8. The largest absolute Gasteiger partial charge is 0.550 e. The first-order valence-corrected chi connectivity index (χ1v) is 10.5. The van der Waals surface area contributed by atoms with Crippen LogP contribution in [0.1, 0.15) is 17.5 Å². The number of aliphatic carboxylic acids is 1. The predicted octanol–water partition coefficient (Wildman–Crippen LogP) is 3.17. The maximum absolute atomic E-state index is 12.6. The van der Waals surface area contributed by atoms with Crippen LogP contribution >= 0.6 is 35.6 Å². The van der Waals surface area contributed by atoms with Gasteiger partial charge >= 0.3 is 0 Å². The lowest BCUT2D eigenvalue weighted by Gasteiger charge is -2.14. The van der Waals surface area contributed by atoms with Gasteiger partial charge in [0.15, 0.2) is 0 Å². The Morgan fingerprint density at radius 3 is 2.71 bits per heavy atom. The second kappa shape index (κ2) is 9.90. The van der Waals surface area contributed by atoms with E-state index in [2.05, 4.69) is 0 Å². The van der Waals surface area contributed by atoms with Crippen LogP contribution in [0.15, 0.2) is 47.4 Å². The number of carboxylic acids is 1. The van der Waals surface area contributed by atoms with Crippen LogP contribution in [0.3, 0.4) is 0 Å². The van der Waals surface area contributed by atoms with Crippen LogP contribution in [0.5, 0.6) is 5.75 Å². The van der Waals surface area contributed by atoms with E-state index >= 15 is 0 Å². The first-order chi connectivity index (χ1) is 14.8. The van der Waals surface area contributed by atoms with E-state index in [9.17, 15) is 24.8 Å². The van der Waals surface area contributed by atoms with Gasteiger partial charge < -0.3 is 14.6 Å². The van der Waals surface area contributed by atoms with E-state index in [1.807, 2.05) is 0 Å². The minimum atomic E-state index is -1.30. The molecule has 0 N–H and O–H groups in total. The maximum Gasteiger partial charge on any atom is 0.270 e. The number of nitrogens with zero attached hydrogens (tertiary/aromatic N) is 2. The third-order valence-electron chi connectivity index (χ3n) is 4.24. The molecule has 0 saturated carbocycles. The van der Waals surface area contributed by atoms with Crippen LogP contribution in [0.2, 0.25) is 5.02 Å². The monoisotopic (exact) mass is 477 g/mol. The molecule has 0 bridgehead atoms. The fourth-order valence-electron chi connectivity index (χ4n) is 2.70. The summed E-state index contributed by atoms with van der Waals surface area (Å²) in [6, 6.07) is 11.1. The smallest absolute Gasteiger partial charge is 0.270 e. The molecule has 2 aromatic carbocycles. The number of halogens is 1. The van der Waals surface area contributed by atoms with Crippen molar-refractivity contribution in [2.45, 2.75) is 13.0 Å². The van der Waals surface area contributed by atoms with E-state index in [0.717, 1.165) is 22.2 Å². The summed E-state index contributed by atoms with van der Waals surface area (Å²) < 4.78 is 6.01.